The van der Waals surface area contributed by atoms with Gasteiger partial charge in [-0.15, -0.1) is 6.58 Å². The first kappa shape index (κ1) is 12.6. The molecule has 1 aromatic heterocycles. The molecule has 0 saturated carbocycles. The Kier molecular flexibility index (Phi) is 3.63. The summed E-state index contributed by atoms with van der Waals surface area (Å²) in [5, 5.41) is 4.12. The Morgan fingerprint density at radius 2 is 2.22 bits per heavy atom. The van der Waals surface area contributed by atoms with Crippen LogP contribution in [0, 0.1) is 0 Å². The van der Waals surface area contributed by atoms with Crippen molar-refractivity contribution in [3.8, 4) is 0 Å². The monoisotopic (exact) mass is 260 g/mol. The number of nitrogens with one attached hydrogen (secondary N) is 1. The first-order valence-electron chi connectivity index (χ1n) is 5.60. The quantitative estimate of drug-likeness (QED) is 0.861. The highest BCUT2D eigenvalue weighted by atomic mass is 35.5. The van der Waals surface area contributed by atoms with Gasteiger partial charge in [-0.05, 0) is 19.1 Å². The number of fused-ring (bicyclic) bond motifs is 1. The summed E-state index contributed by atoms with van der Waals surface area (Å²) in [6.45, 7) is 5.45. The highest BCUT2D eigenvalue weighted by molar-refractivity contribution is 6.35. The Hall–Kier alpha value is -1.87. The molecule has 92 valence electrons. The summed E-state index contributed by atoms with van der Waals surface area (Å²) >= 11 is 6.14. The highest BCUT2D eigenvalue weighted by Gasteiger charge is 2.12. The molecule has 1 aromatic carbocycles. The number of hydrogen-bond acceptors (Lipinski definition) is 2. The van der Waals surface area contributed by atoms with Gasteiger partial charge >= 0.3 is 0 Å². The zero-order valence-electron chi connectivity index (χ0n) is 9.98. The summed E-state index contributed by atoms with van der Waals surface area (Å²) in [5.41, 5.74) is 1.02. The Morgan fingerprint density at radius 3 is 2.94 bits per heavy atom. The predicted molar refractivity (Wildman–Crippen MR) is 73.9 cm³/mol. The minimum absolute atomic E-state index is 0.107. The molecule has 1 amide bonds. The standard InChI is InChI=1S/C14H13ClN2O/c1-3-9(2)16-14(18)13-8-11(15)10-6-4-5-7-12(10)17-13/h3-9H,1H2,2H3,(H,16,18). The van der Waals surface area contributed by atoms with Crippen LogP contribution in [0.2, 0.25) is 5.02 Å². The summed E-state index contributed by atoms with van der Waals surface area (Å²) in [7, 11) is 0. The van der Waals surface area contributed by atoms with Crippen LogP contribution >= 0.6 is 11.6 Å². The molecule has 0 bridgehead atoms. The fraction of sp³-hybridized carbons (Fsp3) is 0.143. The maximum absolute atomic E-state index is 11.9. The van der Waals surface area contributed by atoms with Crippen molar-refractivity contribution in [1.29, 1.82) is 0 Å². The molecular weight excluding hydrogens is 248 g/mol. The second kappa shape index (κ2) is 5.19. The molecule has 1 N–H and O–H groups in total. The lowest BCUT2D eigenvalue weighted by Crippen LogP contribution is -2.31. The van der Waals surface area contributed by atoms with Crippen LogP contribution in [0.15, 0.2) is 43.0 Å². The van der Waals surface area contributed by atoms with Crippen LogP contribution in [0.25, 0.3) is 10.9 Å². The molecule has 3 nitrogen and oxygen atoms in total. The first-order valence-corrected chi connectivity index (χ1v) is 5.98. The van der Waals surface area contributed by atoms with Crippen LogP contribution in [0.4, 0.5) is 0 Å². The predicted octanol–water partition coefficient (Wildman–Crippen LogP) is 3.19. The zero-order chi connectivity index (χ0) is 13.1. The Labute approximate surface area is 110 Å². The van der Waals surface area contributed by atoms with Gasteiger partial charge in [0, 0.05) is 11.4 Å². The normalized spacial score (nSPS) is 12.1. The van der Waals surface area contributed by atoms with Gasteiger partial charge in [-0.25, -0.2) is 4.98 Å². The molecular formula is C14H13ClN2O. The molecule has 0 aliphatic heterocycles. The molecule has 18 heavy (non-hydrogen) atoms. The van der Waals surface area contributed by atoms with E-state index in [9.17, 15) is 4.79 Å². The van der Waals surface area contributed by atoms with Crippen molar-refractivity contribution in [3.05, 3.63) is 53.7 Å². The van der Waals surface area contributed by atoms with Crippen molar-refractivity contribution < 1.29 is 4.79 Å². The molecule has 1 unspecified atom stereocenters. The van der Waals surface area contributed by atoms with E-state index in [0.717, 1.165) is 5.39 Å². The average molecular weight is 261 g/mol. The molecule has 4 heteroatoms. The van der Waals surface area contributed by atoms with Crippen molar-refractivity contribution >= 4 is 28.4 Å². The van der Waals surface area contributed by atoms with E-state index < -0.39 is 0 Å². The van der Waals surface area contributed by atoms with E-state index in [1.165, 1.54) is 0 Å². The number of nitrogens with zero attached hydrogens (tertiary/aromatic N) is 1. The minimum Gasteiger partial charge on any atom is -0.345 e. The van der Waals surface area contributed by atoms with E-state index in [4.69, 9.17) is 11.6 Å². The number of carbonyl (C=O) groups is 1. The third-order valence-electron chi connectivity index (χ3n) is 2.61. The molecule has 0 aliphatic rings. The smallest absolute Gasteiger partial charge is 0.270 e. The van der Waals surface area contributed by atoms with Gasteiger partial charge in [-0.3, -0.25) is 4.79 Å². The van der Waals surface area contributed by atoms with Crippen LogP contribution in [-0.4, -0.2) is 16.9 Å². The van der Waals surface area contributed by atoms with Crippen LogP contribution in [-0.2, 0) is 0 Å². The molecule has 0 saturated heterocycles. The van der Waals surface area contributed by atoms with Crippen molar-refractivity contribution in [1.82, 2.24) is 10.3 Å². The van der Waals surface area contributed by atoms with Crippen LogP contribution in [0.5, 0.6) is 0 Å². The SMILES string of the molecule is C=CC(C)NC(=O)c1cc(Cl)c2ccccc2n1. The maximum Gasteiger partial charge on any atom is 0.270 e. The molecule has 2 aromatic rings. The van der Waals surface area contributed by atoms with Gasteiger partial charge in [-0.1, -0.05) is 35.9 Å². The lowest BCUT2D eigenvalue weighted by Gasteiger charge is -2.09. The number of para-hydroxylation sites is 1. The summed E-state index contributed by atoms with van der Waals surface area (Å²) in [5.74, 6) is -0.255. The largest absolute Gasteiger partial charge is 0.345 e. The molecule has 1 heterocycles. The van der Waals surface area contributed by atoms with Crippen molar-refractivity contribution in [3.63, 3.8) is 0 Å². The molecule has 0 aliphatic carbocycles. The number of benzene rings is 1. The summed E-state index contributed by atoms with van der Waals surface area (Å²) in [6, 6.07) is 8.92. The van der Waals surface area contributed by atoms with E-state index in [1.807, 2.05) is 31.2 Å². The number of pyridine rings is 1. The molecule has 2 rings (SSSR count). The van der Waals surface area contributed by atoms with E-state index in [-0.39, 0.29) is 11.9 Å². The summed E-state index contributed by atoms with van der Waals surface area (Å²) in [6.07, 6.45) is 1.65. The number of hydrogen-bond donors (Lipinski definition) is 1. The topological polar surface area (TPSA) is 42.0 Å². The van der Waals surface area contributed by atoms with Crippen LogP contribution < -0.4 is 5.32 Å². The van der Waals surface area contributed by atoms with Gasteiger partial charge in [0.2, 0.25) is 0 Å². The molecule has 0 radical (unpaired) electrons. The number of carbonyl (C=O) groups excluding carboxylic acids is 1. The second-order valence-corrected chi connectivity index (χ2v) is 4.41. The van der Waals surface area contributed by atoms with Gasteiger partial charge in [0.25, 0.3) is 5.91 Å². The number of halogens is 1. The number of aromatic nitrogens is 1. The van der Waals surface area contributed by atoms with Crippen molar-refractivity contribution in [2.75, 3.05) is 0 Å². The summed E-state index contributed by atoms with van der Waals surface area (Å²) < 4.78 is 0. The lowest BCUT2D eigenvalue weighted by molar-refractivity contribution is 0.0942. The molecule has 1 atom stereocenters. The number of rotatable bonds is 3. The second-order valence-electron chi connectivity index (χ2n) is 4.00. The van der Waals surface area contributed by atoms with E-state index in [1.54, 1.807) is 12.1 Å². The van der Waals surface area contributed by atoms with Crippen molar-refractivity contribution in [2.45, 2.75) is 13.0 Å². The fourth-order valence-corrected chi connectivity index (χ4v) is 1.85. The minimum atomic E-state index is -0.255. The zero-order valence-corrected chi connectivity index (χ0v) is 10.7. The highest BCUT2D eigenvalue weighted by Crippen LogP contribution is 2.22. The number of amides is 1. The van der Waals surface area contributed by atoms with Crippen LogP contribution in [0.3, 0.4) is 0 Å². The fourth-order valence-electron chi connectivity index (χ4n) is 1.59. The van der Waals surface area contributed by atoms with Gasteiger partial charge in [-0.2, -0.15) is 0 Å². The van der Waals surface area contributed by atoms with Gasteiger partial charge in [0.15, 0.2) is 0 Å². The summed E-state index contributed by atoms with van der Waals surface area (Å²) in [4.78, 5) is 16.2. The van der Waals surface area contributed by atoms with Gasteiger partial charge in [0.05, 0.1) is 10.5 Å². The third-order valence-corrected chi connectivity index (χ3v) is 2.92. The van der Waals surface area contributed by atoms with Crippen molar-refractivity contribution in [2.24, 2.45) is 0 Å². The van der Waals surface area contributed by atoms with E-state index >= 15 is 0 Å². The van der Waals surface area contributed by atoms with E-state index in [0.29, 0.717) is 16.2 Å². The average Bonchev–Trinajstić information content (AvgIpc) is 2.38. The molecule has 0 fully saturated rings. The first-order chi connectivity index (χ1) is 8.61. The molecule has 0 spiro atoms. The van der Waals surface area contributed by atoms with Crippen LogP contribution in [0.1, 0.15) is 17.4 Å². The third kappa shape index (κ3) is 2.51. The Balaban J connectivity index is 2.40. The van der Waals surface area contributed by atoms with E-state index in [2.05, 4.69) is 16.9 Å². The lowest BCUT2D eigenvalue weighted by atomic mass is 10.2. The Bertz CT molecular complexity index is 610. The Morgan fingerprint density at radius 1 is 1.50 bits per heavy atom. The van der Waals surface area contributed by atoms with Gasteiger partial charge in [0.1, 0.15) is 5.69 Å². The maximum atomic E-state index is 11.9. The van der Waals surface area contributed by atoms with Gasteiger partial charge < -0.3 is 5.32 Å².